The van der Waals surface area contributed by atoms with E-state index < -0.39 is 97.5 Å². The lowest BCUT2D eigenvalue weighted by molar-refractivity contribution is -0.161. The predicted molar refractivity (Wildman–Crippen MR) is 399 cm³/mol. The van der Waals surface area contributed by atoms with Crippen LogP contribution in [-0.2, 0) is 65.4 Å². The van der Waals surface area contributed by atoms with Crippen LogP contribution in [0.1, 0.15) is 285 Å². The van der Waals surface area contributed by atoms with E-state index in [2.05, 4.69) is 149 Å². The van der Waals surface area contributed by atoms with Crippen molar-refractivity contribution in [3.63, 3.8) is 0 Å². The third-order valence-electron chi connectivity index (χ3n) is 15.1. The monoisotopic (exact) mass is 1410 g/mol. The average molecular weight is 1420 g/mol. The number of esters is 4. The third-order valence-corrected chi connectivity index (χ3v) is 17.0. The first kappa shape index (κ1) is 93.2. The molecular formula is C79H132O17P2. The molecule has 98 heavy (non-hydrogen) atoms. The number of hydrogen-bond acceptors (Lipinski definition) is 15. The molecule has 5 unspecified atom stereocenters. The third kappa shape index (κ3) is 69.7. The smallest absolute Gasteiger partial charge is 0.462 e. The maximum absolute atomic E-state index is 13.1. The molecule has 0 aromatic rings. The van der Waals surface area contributed by atoms with Crippen LogP contribution < -0.4 is 0 Å². The van der Waals surface area contributed by atoms with Gasteiger partial charge in [0.05, 0.1) is 26.4 Å². The summed E-state index contributed by atoms with van der Waals surface area (Å²) in [6.07, 6.45) is 77.5. The van der Waals surface area contributed by atoms with Crippen molar-refractivity contribution in [3.8, 4) is 0 Å². The van der Waals surface area contributed by atoms with Crippen LogP contribution in [0.4, 0.5) is 0 Å². The van der Waals surface area contributed by atoms with Gasteiger partial charge >= 0.3 is 39.5 Å². The zero-order valence-electron chi connectivity index (χ0n) is 60.9. The van der Waals surface area contributed by atoms with Crippen molar-refractivity contribution in [2.45, 2.75) is 303 Å². The van der Waals surface area contributed by atoms with E-state index >= 15 is 0 Å². The maximum Gasteiger partial charge on any atom is 0.472 e. The Morgan fingerprint density at radius 1 is 0.296 bits per heavy atom. The van der Waals surface area contributed by atoms with Crippen LogP contribution >= 0.6 is 15.6 Å². The van der Waals surface area contributed by atoms with Crippen LogP contribution in [0.5, 0.6) is 0 Å². The van der Waals surface area contributed by atoms with Gasteiger partial charge in [-0.3, -0.25) is 37.3 Å². The van der Waals surface area contributed by atoms with Gasteiger partial charge in [-0.1, -0.05) is 251 Å². The Hall–Kier alpha value is -4.80. The number of allylic oxidation sites excluding steroid dienone is 22. The Morgan fingerprint density at radius 3 is 0.908 bits per heavy atom. The van der Waals surface area contributed by atoms with E-state index in [1.807, 2.05) is 12.2 Å². The standard InChI is InChI=1S/C79H132O17P2/c1-5-9-13-17-21-25-29-32-34-36-38-41-44-47-51-55-59-63-76(81)89-69-74(95-78(83)65-61-57-53-49-43-28-24-20-16-12-8-4)71-93-97(85,86)91-67-73(80)68-92-98(87,88)94-72-75(96-79(84)66-62-58-54-50-46-40-31-27-23-19-15-11-7-3)70-90-77(82)64-60-56-52-48-45-42-39-37-35-33-30-26-22-18-14-10-6-2/h9-10,13-15,19-22,24-27,31-35,38,41,47,51,73-75,80H,5-8,11-12,16-18,23,28-30,36-37,39-40,42-46,48-50,52-72H2,1-4H3,(H,85,86)(H,87,88)/b13-9-,14-10-,19-15-,24-20-,25-21-,26-22-,31-27-,34-32-,35-33-,41-38-,51-47-. The summed E-state index contributed by atoms with van der Waals surface area (Å²) < 4.78 is 68.3. The van der Waals surface area contributed by atoms with Crippen molar-refractivity contribution < 1.29 is 80.2 Å². The van der Waals surface area contributed by atoms with E-state index in [-0.39, 0.29) is 25.7 Å². The molecule has 5 atom stereocenters. The normalized spacial score (nSPS) is 14.7. The Balaban J connectivity index is 5.38. The van der Waals surface area contributed by atoms with Gasteiger partial charge in [-0.25, -0.2) is 9.13 Å². The Labute approximate surface area is 593 Å². The molecule has 0 rings (SSSR count). The fourth-order valence-corrected chi connectivity index (χ4v) is 11.0. The fraction of sp³-hybridized carbons (Fsp3) is 0.671. The van der Waals surface area contributed by atoms with Gasteiger partial charge in [0.15, 0.2) is 12.2 Å². The first-order valence-electron chi connectivity index (χ1n) is 37.4. The maximum atomic E-state index is 13.1. The van der Waals surface area contributed by atoms with Gasteiger partial charge in [-0.15, -0.1) is 0 Å². The van der Waals surface area contributed by atoms with Crippen molar-refractivity contribution in [2.75, 3.05) is 39.6 Å². The second kappa shape index (κ2) is 70.6. The van der Waals surface area contributed by atoms with Crippen molar-refractivity contribution in [3.05, 3.63) is 134 Å². The molecule has 0 heterocycles. The number of phosphoric ester groups is 2. The predicted octanol–water partition coefficient (Wildman–Crippen LogP) is 21.3. The van der Waals surface area contributed by atoms with Crippen LogP contribution in [0.25, 0.3) is 0 Å². The number of carbonyl (C=O) groups is 4. The van der Waals surface area contributed by atoms with Crippen molar-refractivity contribution >= 4 is 39.5 Å². The molecule has 0 aromatic heterocycles. The molecule has 3 N–H and O–H groups in total. The molecule has 0 amide bonds. The van der Waals surface area contributed by atoms with E-state index in [1.54, 1.807) is 0 Å². The zero-order chi connectivity index (χ0) is 71.8. The SMILES string of the molecule is CC/C=C\C/C=C\C/C=C\C/C=C\C/C=C\CCCC(=O)OCC(COP(=O)(O)OCC(O)COP(=O)(O)OCC(COC(=O)CCCCCCCCC/C=C\C/C=C\C/C=C\CC)OC(=O)CCCCCCC/C=C\C/C=C\CCC)OC(=O)CCCCCCC/C=C\CCCC. The summed E-state index contributed by atoms with van der Waals surface area (Å²) in [5.74, 6) is -2.28. The molecule has 19 heteroatoms. The molecule has 0 radical (unpaired) electrons. The van der Waals surface area contributed by atoms with E-state index in [0.29, 0.717) is 32.1 Å². The summed E-state index contributed by atoms with van der Waals surface area (Å²) >= 11 is 0. The molecule has 0 aromatic carbocycles. The van der Waals surface area contributed by atoms with Gasteiger partial charge in [-0.2, -0.15) is 0 Å². The van der Waals surface area contributed by atoms with Crippen LogP contribution in [0.3, 0.4) is 0 Å². The molecule has 0 aliphatic heterocycles. The summed E-state index contributed by atoms with van der Waals surface area (Å²) in [7, 11) is -9.97. The Kier molecular flexibility index (Phi) is 67.2. The summed E-state index contributed by atoms with van der Waals surface area (Å²) in [6.45, 7) is 4.43. The number of aliphatic hydroxyl groups excluding tert-OH is 1. The minimum Gasteiger partial charge on any atom is -0.462 e. The number of unbranched alkanes of at least 4 members (excludes halogenated alkanes) is 21. The van der Waals surface area contributed by atoms with Crippen LogP contribution in [0.2, 0.25) is 0 Å². The summed E-state index contributed by atoms with van der Waals surface area (Å²) in [5.41, 5.74) is 0. The highest BCUT2D eigenvalue weighted by atomic mass is 31.2. The molecule has 0 aliphatic rings. The van der Waals surface area contributed by atoms with Crippen LogP contribution in [0, 0.1) is 0 Å². The van der Waals surface area contributed by atoms with Gasteiger partial charge in [0.1, 0.15) is 19.3 Å². The quantitative estimate of drug-likeness (QED) is 0.0169. The summed E-state index contributed by atoms with van der Waals surface area (Å²) in [4.78, 5) is 72.7. The van der Waals surface area contributed by atoms with E-state index in [4.69, 9.17) is 37.0 Å². The van der Waals surface area contributed by atoms with Crippen molar-refractivity contribution in [1.82, 2.24) is 0 Å². The number of hydrogen-bond donors (Lipinski definition) is 3. The minimum atomic E-state index is -4.99. The number of ether oxygens (including phenoxy) is 4. The molecule has 0 saturated heterocycles. The van der Waals surface area contributed by atoms with Gasteiger partial charge in [0.25, 0.3) is 0 Å². The molecule has 0 saturated carbocycles. The highest BCUT2D eigenvalue weighted by molar-refractivity contribution is 7.47. The Bertz CT molecular complexity index is 2380. The van der Waals surface area contributed by atoms with Gasteiger partial charge in [-0.05, 0) is 141 Å². The number of aliphatic hydroxyl groups is 1. The highest BCUT2D eigenvalue weighted by Gasteiger charge is 2.30. The average Bonchev–Trinajstić information content (AvgIpc) is 0.985. The minimum absolute atomic E-state index is 0.0689. The lowest BCUT2D eigenvalue weighted by Gasteiger charge is -2.21. The lowest BCUT2D eigenvalue weighted by atomic mass is 10.1. The molecular weight excluding hydrogens is 1280 g/mol. The summed E-state index contributed by atoms with van der Waals surface area (Å²) in [6, 6.07) is 0. The largest absolute Gasteiger partial charge is 0.472 e. The van der Waals surface area contributed by atoms with Crippen molar-refractivity contribution in [1.29, 1.82) is 0 Å². The second-order valence-electron chi connectivity index (χ2n) is 24.5. The number of carbonyl (C=O) groups excluding carboxylic acids is 4. The zero-order valence-corrected chi connectivity index (χ0v) is 62.7. The van der Waals surface area contributed by atoms with E-state index in [9.17, 15) is 43.2 Å². The van der Waals surface area contributed by atoms with Crippen molar-refractivity contribution in [2.24, 2.45) is 0 Å². The molecule has 17 nitrogen and oxygen atoms in total. The number of rotatable bonds is 69. The molecule has 0 fully saturated rings. The molecule has 0 aliphatic carbocycles. The first-order valence-corrected chi connectivity index (χ1v) is 40.4. The first-order chi connectivity index (χ1) is 47.7. The van der Waals surface area contributed by atoms with Gasteiger partial charge in [0.2, 0.25) is 0 Å². The topological polar surface area (TPSA) is 237 Å². The van der Waals surface area contributed by atoms with Crippen LogP contribution in [0.15, 0.2) is 134 Å². The molecule has 0 bridgehead atoms. The lowest BCUT2D eigenvalue weighted by Crippen LogP contribution is -2.30. The fourth-order valence-electron chi connectivity index (χ4n) is 9.41. The second-order valence-corrected chi connectivity index (χ2v) is 27.4. The van der Waals surface area contributed by atoms with Crippen LogP contribution in [-0.4, -0.2) is 96.7 Å². The van der Waals surface area contributed by atoms with E-state index in [1.165, 1.54) is 12.8 Å². The van der Waals surface area contributed by atoms with E-state index in [0.717, 1.165) is 186 Å². The number of phosphoric acid groups is 2. The Morgan fingerprint density at radius 2 is 0.561 bits per heavy atom. The van der Waals surface area contributed by atoms with Gasteiger partial charge in [0, 0.05) is 25.7 Å². The molecule has 0 spiro atoms. The molecule has 560 valence electrons. The highest BCUT2D eigenvalue weighted by Crippen LogP contribution is 2.45. The van der Waals surface area contributed by atoms with Gasteiger partial charge < -0.3 is 33.8 Å². The summed E-state index contributed by atoms with van der Waals surface area (Å²) in [5, 5.41) is 10.6.